The summed E-state index contributed by atoms with van der Waals surface area (Å²) in [6.45, 7) is 3.97. The molecule has 1 aromatic carbocycles. The van der Waals surface area contributed by atoms with Gasteiger partial charge in [-0.15, -0.1) is 0 Å². The lowest BCUT2D eigenvalue weighted by molar-refractivity contribution is -0.121. The summed E-state index contributed by atoms with van der Waals surface area (Å²) in [4.78, 5) is 11.4. The van der Waals surface area contributed by atoms with Crippen molar-refractivity contribution >= 4 is 12.1 Å². The van der Waals surface area contributed by atoms with Crippen molar-refractivity contribution in [3.05, 3.63) is 23.8 Å². The molecule has 0 fully saturated rings. The van der Waals surface area contributed by atoms with Gasteiger partial charge in [-0.3, -0.25) is 4.79 Å². The maximum atomic E-state index is 11.4. The number of nitrogens with zero attached hydrogens (tertiary/aromatic N) is 1. The Bertz CT molecular complexity index is 456. The SMILES string of the molecule is COc1ccc(/C=N/NC(=O)CC(C)C)cc1OC. The molecule has 0 radical (unpaired) electrons. The van der Waals surface area contributed by atoms with Gasteiger partial charge in [-0.2, -0.15) is 5.10 Å². The van der Waals surface area contributed by atoms with E-state index in [0.29, 0.717) is 23.8 Å². The average molecular weight is 264 g/mol. The molecule has 0 aliphatic rings. The van der Waals surface area contributed by atoms with Crippen LogP contribution in [0.15, 0.2) is 23.3 Å². The number of carbonyl (C=O) groups is 1. The second kappa shape index (κ2) is 7.41. The number of hydrogen-bond donors (Lipinski definition) is 1. The molecule has 1 amide bonds. The van der Waals surface area contributed by atoms with Crippen molar-refractivity contribution in [3.63, 3.8) is 0 Å². The highest BCUT2D eigenvalue weighted by atomic mass is 16.5. The number of ether oxygens (including phenoxy) is 2. The first-order valence-electron chi connectivity index (χ1n) is 6.10. The van der Waals surface area contributed by atoms with Gasteiger partial charge in [0.05, 0.1) is 20.4 Å². The van der Waals surface area contributed by atoms with Gasteiger partial charge < -0.3 is 9.47 Å². The van der Waals surface area contributed by atoms with Crippen molar-refractivity contribution in [1.29, 1.82) is 0 Å². The Morgan fingerprint density at radius 3 is 2.58 bits per heavy atom. The van der Waals surface area contributed by atoms with Gasteiger partial charge in [0.1, 0.15) is 0 Å². The molecule has 5 heteroatoms. The Morgan fingerprint density at radius 1 is 1.32 bits per heavy atom. The largest absolute Gasteiger partial charge is 0.493 e. The Morgan fingerprint density at radius 2 is 2.00 bits per heavy atom. The summed E-state index contributed by atoms with van der Waals surface area (Å²) in [5.74, 6) is 1.51. The summed E-state index contributed by atoms with van der Waals surface area (Å²) in [5, 5.41) is 3.90. The highest BCUT2D eigenvalue weighted by Gasteiger charge is 2.04. The maximum Gasteiger partial charge on any atom is 0.240 e. The Balaban J connectivity index is 2.64. The van der Waals surface area contributed by atoms with Gasteiger partial charge in [0.15, 0.2) is 11.5 Å². The van der Waals surface area contributed by atoms with E-state index < -0.39 is 0 Å². The van der Waals surface area contributed by atoms with E-state index in [1.54, 1.807) is 32.6 Å². The zero-order valence-electron chi connectivity index (χ0n) is 11.8. The molecule has 1 aromatic rings. The number of hydrazone groups is 1. The maximum absolute atomic E-state index is 11.4. The molecule has 0 saturated heterocycles. The summed E-state index contributed by atoms with van der Waals surface area (Å²) in [6, 6.07) is 5.41. The number of nitrogens with one attached hydrogen (secondary N) is 1. The molecule has 0 spiro atoms. The van der Waals surface area contributed by atoms with Crippen LogP contribution in [0.2, 0.25) is 0 Å². The van der Waals surface area contributed by atoms with E-state index in [4.69, 9.17) is 9.47 Å². The molecule has 0 bridgehead atoms. The normalized spacial score (nSPS) is 10.8. The summed E-state index contributed by atoms with van der Waals surface area (Å²) in [6.07, 6.45) is 2.03. The molecule has 0 aliphatic carbocycles. The molecule has 0 atom stereocenters. The highest BCUT2D eigenvalue weighted by Crippen LogP contribution is 2.26. The van der Waals surface area contributed by atoms with Gasteiger partial charge in [-0.25, -0.2) is 5.43 Å². The van der Waals surface area contributed by atoms with Crippen LogP contribution < -0.4 is 14.9 Å². The van der Waals surface area contributed by atoms with Crippen molar-refractivity contribution in [1.82, 2.24) is 5.43 Å². The lowest BCUT2D eigenvalue weighted by atomic mass is 10.1. The standard InChI is InChI=1S/C14H20N2O3/c1-10(2)7-14(17)16-15-9-11-5-6-12(18-3)13(8-11)19-4/h5-6,8-10H,7H2,1-4H3,(H,16,17)/b15-9+. The predicted octanol–water partition coefficient (Wildman–Crippen LogP) is 2.20. The quantitative estimate of drug-likeness (QED) is 0.633. The lowest BCUT2D eigenvalue weighted by Crippen LogP contribution is -2.19. The third-order valence-electron chi connectivity index (χ3n) is 2.40. The topological polar surface area (TPSA) is 59.9 Å². The van der Waals surface area contributed by atoms with Crippen LogP contribution in [0.1, 0.15) is 25.8 Å². The van der Waals surface area contributed by atoms with Crippen LogP contribution in [0.25, 0.3) is 0 Å². The molecule has 0 saturated carbocycles. The van der Waals surface area contributed by atoms with Gasteiger partial charge in [-0.1, -0.05) is 13.8 Å². The van der Waals surface area contributed by atoms with Crippen LogP contribution in [-0.2, 0) is 4.79 Å². The van der Waals surface area contributed by atoms with Gasteiger partial charge in [0.25, 0.3) is 0 Å². The molecule has 0 aliphatic heterocycles. The van der Waals surface area contributed by atoms with E-state index in [1.807, 2.05) is 19.9 Å². The molecule has 19 heavy (non-hydrogen) atoms. The van der Waals surface area contributed by atoms with Crippen molar-refractivity contribution in [3.8, 4) is 11.5 Å². The minimum absolute atomic E-state index is 0.0910. The minimum Gasteiger partial charge on any atom is -0.493 e. The fraction of sp³-hybridized carbons (Fsp3) is 0.429. The minimum atomic E-state index is -0.0910. The number of benzene rings is 1. The first kappa shape index (κ1) is 15.0. The molecule has 1 N–H and O–H groups in total. The Kier molecular flexibility index (Phi) is 5.85. The molecular formula is C14H20N2O3. The van der Waals surface area contributed by atoms with Crippen molar-refractivity contribution in [2.75, 3.05) is 14.2 Å². The van der Waals surface area contributed by atoms with E-state index in [1.165, 1.54) is 0 Å². The first-order chi connectivity index (χ1) is 9.06. The predicted molar refractivity (Wildman–Crippen MR) is 74.7 cm³/mol. The van der Waals surface area contributed by atoms with Gasteiger partial charge >= 0.3 is 0 Å². The molecule has 104 valence electrons. The van der Waals surface area contributed by atoms with E-state index >= 15 is 0 Å². The van der Waals surface area contributed by atoms with Crippen LogP contribution in [0.5, 0.6) is 11.5 Å². The van der Waals surface area contributed by atoms with Crippen molar-refractivity contribution in [2.45, 2.75) is 20.3 Å². The summed E-state index contributed by atoms with van der Waals surface area (Å²) >= 11 is 0. The molecular weight excluding hydrogens is 244 g/mol. The van der Waals surface area contributed by atoms with Crippen molar-refractivity contribution < 1.29 is 14.3 Å². The first-order valence-corrected chi connectivity index (χ1v) is 6.10. The van der Waals surface area contributed by atoms with Gasteiger partial charge in [0, 0.05) is 6.42 Å². The van der Waals surface area contributed by atoms with Crippen LogP contribution in [-0.4, -0.2) is 26.3 Å². The third-order valence-corrected chi connectivity index (χ3v) is 2.40. The fourth-order valence-corrected chi connectivity index (χ4v) is 1.53. The summed E-state index contributed by atoms with van der Waals surface area (Å²) < 4.78 is 10.3. The van der Waals surface area contributed by atoms with E-state index in [2.05, 4.69) is 10.5 Å². The molecule has 0 heterocycles. The van der Waals surface area contributed by atoms with Crippen LogP contribution in [0.4, 0.5) is 0 Å². The fourth-order valence-electron chi connectivity index (χ4n) is 1.53. The number of rotatable bonds is 6. The zero-order valence-corrected chi connectivity index (χ0v) is 11.8. The second-order valence-corrected chi connectivity index (χ2v) is 4.51. The number of hydrogen-bond acceptors (Lipinski definition) is 4. The third kappa shape index (κ3) is 4.99. The zero-order chi connectivity index (χ0) is 14.3. The highest BCUT2D eigenvalue weighted by molar-refractivity contribution is 5.83. The van der Waals surface area contributed by atoms with E-state index in [-0.39, 0.29) is 5.91 Å². The lowest BCUT2D eigenvalue weighted by Gasteiger charge is -2.07. The number of amides is 1. The molecule has 0 aromatic heterocycles. The Labute approximate surface area is 113 Å². The average Bonchev–Trinajstić information content (AvgIpc) is 2.37. The monoisotopic (exact) mass is 264 g/mol. The van der Waals surface area contributed by atoms with Crippen molar-refractivity contribution in [2.24, 2.45) is 11.0 Å². The van der Waals surface area contributed by atoms with Crippen LogP contribution in [0.3, 0.4) is 0 Å². The van der Waals surface area contributed by atoms with Gasteiger partial charge in [-0.05, 0) is 29.7 Å². The second-order valence-electron chi connectivity index (χ2n) is 4.51. The Hall–Kier alpha value is -2.04. The summed E-state index contributed by atoms with van der Waals surface area (Å²) in [7, 11) is 3.15. The van der Waals surface area contributed by atoms with Crippen LogP contribution in [0, 0.1) is 5.92 Å². The van der Waals surface area contributed by atoms with E-state index in [9.17, 15) is 4.79 Å². The molecule has 0 unspecified atom stereocenters. The molecule has 1 rings (SSSR count). The number of carbonyl (C=O) groups excluding carboxylic acids is 1. The summed E-state index contributed by atoms with van der Waals surface area (Å²) in [5.41, 5.74) is 3.31. The van der Waals surface area contributed by atoms with Gasteiger partial charge in [0.2, 0.25) is 5.91 Å². The van der Waals surface area contributed by atoms with E-state index in [0.717, 1.165) is 5.56 Å². The molecule has 5 nitrogen and oxygen atoms in total. The van der Waals surface area contributed by atoms with Crippen LogP contribution >= 0.6 is 0 Å². The number of methoxy groups -OCH3 is 2. The smallest absolute Gasteiger partial charge is 0.240 e.